The number of thiophene rings is 1. The monoisotopic (exact) mass is 268 g/mol. The van der Waals surface area contributed by atoms with Gasteiger partial charge in [-0.1, -0.05) is 19.1 Å². The highest BCUT2D eigenvalue weighted by Crippen LogP contribution is 2.26. The van der Waals surface area contributed by atoms with E-state index in [1.807, 2.05) is 12.3 Å². The lowest BCUT2D eigenvalue weighted by Crippen LogP contribution is -2.21. The van der Waals surface area contributed by atoms with Crippen molar-refractivity contribution in [3.05, 3.63) is 64.5 Å². The first kappa shape index (κ1) is 12.3. The lowest BCUT2D eigenvalue weighted by atomic mass is 9.99. The third-order valence-electron chi connectivity index (χ3n) is 3.25. The third kappa shape index (κ3) is 2.53. The molecule has 3 heteroatoms. The van der Waals surface area contributed by atoms with Crippen molar-refractivity contribution in [2.75, 3.05) is 6.54 Å². The van der Waals surface area contributed by atoms with Gasteiger partial charge in [0, 0.05) is 11.6 Å². The summed E-state index contributed by atoms with van der Waals surface area (Å²) in [4.78, 5) is 4.37. The van der Waals surface area contributed by atoms with Crippen molar-refractivity contribution in [2.24, 2.45) is 0 Å². The van der Waals surface area contributed by atoms with Crippen LogP contribution in [0.3, 0.4) is 0 Å². The standard InChI is InChI=1S/C16H16N2S/c1-2-17-16(14-7-9-19-11-14)13-5-6-15-12(10-13)4-3-8-18-15/h3-11,16-17H,2H2,1H3. The molecule has 0 saturated heterocycles. The van der Waals surface area contributed by atoms with E-state index in [0.29, 0.717) is 0 Å². The lowest BCUT2D eigenvalue weighted by Gasteiger charge is -2.17. The van der Waals surface area contributed by atoms with E-state index in [2.05, 4.69) is 58.3 Å². The molecule has 0 radical (unpaired) electrons. The molecule has 0 saturated carbocycles. The Morgan fingerprint density at radius 3 is 2.95 bits per heavy atom. The Balaban J connectivity index is 2.05. The molecule has 0 aliphatic heterocycles. The van der Waals surface area contributed by atoms with E-state index in [1.54, 1.807) is 11.3 Å². The van der Waals surface area contributed by atoms with E-state index in [9.17, 15) is 0 Å². The first-order chi connectivity index (χ1) is 9.38. The maximum Gasteiger partial charge on any atom is 0.0702 e. The number of fused-ring (bicyclic) bond motifs is 1. The molecule has 2 aromatic heterocycles. The molecule has 0 spiro atoms. The van der Waals surface area contributed by atoms with E-state index in [0.717, 1.165) is 12.1 Å². The van der Waals surface area contributed by atoms with Crippen LogP contribution in [0.5, 0.6) is 0 Å². The van der Waals surface area contributed by atoms with Crippen LogP contribution in [0.4, 0.5) is 0 Å². The van der Waals surface area contributed by atoms with E-state index in [-0.39, 0.29) is 6.04 Å². The topological polar surface area (TPSA) is 24.9 Å². The summed E-state index contributed by atoms with van der Waals surface area (Å²) < 4.78 is 0. The Morgan fingerprint density at radius 1 is 1.21 bits per heavy atom. The Hall–Kier alpha value is -1.71. The van der Waals surface area contributed by atoms with Gasteiger partial charge in [0.15, 0.2) is 0 Å². The molecule has 0 bridgehead atoms. The minimum Gasteiger partial charge on any atom is -0.307 e. The van der Waals surface area contributed by atoms with Crippen LogP contribution in [0, 0.1) is 0 Å². The largest absolute Gasteiger partial charge is 0.307 e. The van der Waals surface area contributed by atoms with Crippen LogP contribution in [-0.4, -0.2) is 11.5 Å². The molecule has 1 unspecified atom stereocenters. The molecule has 2 nitrogen and oxygen atoms in total. The molecule has 1 aromatic carbocycles. The van der Waals surface area contributed by atoms with E-state index in [1.165, 1.54) is 16.5 Å². The van der Waals surface area contributed by atoms with Crippen LogP contribution in [0.25, 0.3) is 10.9 Å². The van der Waals surface area contributed by atoms with Gasteiger partial charge in [-0.15, -0.1) is 0 Å². The van der Waals surface area contributed by atoms with Crippen molar-refractivity contribution < 1.29 is 0 Å². The summed E-state index contributed by atoms with van der Waals surface area (Å²) in [5.74, 6) is 0. The summed E-state index contributed by atoms with van der Waals surface area (Å²) in [7, 11) is 0. The lowest BCUT2D eigenvalue weighted by molar-refractivity contribution is 0.633. The second kappa shape index (κ2) is 5.51. The molecule has 0 amide bonds. The Labute approximate surface area is 117 Å². The number of hydrogen-bond acceptors (Lipinski definition) is 3. The Kier molecular flexibility index (Phi) is 3.58. The van der Waals surface area contributed by atoms with Gasteiger partial charge in [0.05, 0.1) is 11.6 Å². The highest BCUT2D eigenvalue weighted by atomic mass is 32.1. The van der Waals surface area contributed by atoms with Crippen LogP contribution in [0.2, 0.25) is 0 Å². The molecule has 0 fully saturated rings. The molecule has 0 aliphatic rings. The predicted molar refractivity (Wildman–Crippen MR) is 81.6 cm³/mol. The Bertz CT molecular complexity index is 661. The molecule has 19 heavy (non-hydrogen) atoms. The van der Waals surface area contributed by atoms with E-state index >= 15 is 0 Å². The van der Waals surface area contributed by atoms with Crippen molar-refractivity contribution in [1.29, 1.82) is 0 Å². The minimum absolute atomic E-state index is 0.265. The van der Waals surface area contributed by atoms with Crippen LogP contribution >= 0.6 is 11.3 Å². The average molecular weight is 268 g/mol. The zero-order chi connectivity index (χ0) is 13.1. The summed E-state index contributed by atoms with van der Waals surface area (Å²) >= 11 is 1.74. The molecule has 3 rings (SSSR count). The summed E-state index contributed by atoms with van der Waals surface area (Å²) in [6, 6.07) is 13.0. The normalized spacial score (nSPS) is 12.7. The first-order valence-electron chi connectivity index (χ1n) is 6.48. The quantitative estimate of drug-likeness (QED) is 0.773. The Morgan fingerprint density at radius 2 is 2.16 bits per heavy atom. The number of nitrogens with zero attached hydrogens (tertiary/aromatic N) is 1. The fourth-order valence-electron chi connectivity index (χ4n) is 2.35. The van der Waals surface area contributed by atoms with Crippen molar-refractivity contribution in [1.82, 2.24) is 10.3 Å². The third-order valence-corrected chi connectivity index (χ3v) is 3.95. The smallest absolute Gasteiger partial charge is 0.0702 e. The van der Waals surface area contributed by atoms with Crippen molar-refractivity contribution >= 4 is 22.2 Å². The van der Waals surface area contributed by atoms with Gasteiger partial charge >= 0.3 is 0 Å². The van der Waals surface area contributed by atoms with Crippen molar-refractivity contribution in [2.45, 2.75) is 13.0 Å². The second-order valence-electron chi connectivity index (χ2n) is 4.50. The van der Waals surface area contributed by atoms with Crippen LogP contribution in [0.15, 0.2) is 53.4 Å². The second-order valence-corrected chi connectivity index (χ2v) is 5.28. The molecule has 2 heterocycles. The maximum atomic E-state index is 4.37. The highest BCUT2D eigenvalue weighted by Gasteiger charge is 2.13. The van der Waals surface area contributed by atoms with Crippen LogP contribution < -0.4 is 5.32 Å². The molecular weight excluding hydrogens is 252 g/mol. The van der Waals surface area contributed by atoms with E-state index in [4.69, 9.17) is 0 Å². The summed E-state index contributed by atoms with van der Waals surface area (Å²) in [6.07, 6.45) is 1.84. The predicted octanol–water partition coefficient (Wildman–Crippen LogP) is 4.00. The fourth-order valence-corrected chi connectivity index (χ4v) is 3.03. The zero-order valence-electron chi connectivity index (χ0n) is 10.8. The SMILES string of the molecule is CCNC(c1ccsc1)c1ccc2ncccc2c1. The number of nitrogens with one attached hydrogen (secondary N) is 1. The molecule has 1 atom stereocenters. The fraction of sp³-hybridized carbons (Fsp3) is 0.188. The van der Waals surface area contributed by atoms with Gasteiger partial charge in [-0.25, -0.2) is 0 Å². The van der Waals surface area contributed by atoms with Crippen molar-refractivity contribution in [3.63, 3.8) is 0 Å². The van der Waals surface area contributed by atoms with Gasteiger partial charge in [-0.2, -0.15) is 11.3 Å². The number of hydrogen-bond donors (Lipinski definition) is 1. The van der Waals surface area contributed by atoms with Gasteiger partial charge in [-0.3, -0.25) is 4.98 Å². The molecule has 1 N–H and O–H groups in total. The van der Waals surface area contributed by atoms with Gasteiger partial charge < -0.3 is 5.32 Å². The van der Waals surface area contributed by atoms with Gasteiger partial charge in [0.2, 0.25) is 0 Å². The highest BCUT2D eigenvalue weighted by molar-refractivity contribution is 7.08. The number of aromatic nitrogens is 1. The zero-order valence-corrected chi connectivity index (χ0v) is 11.7. The minimum atomic E-state index is 0.265. The maximum absolute atomic E-state index is 4.37. The van der Waals surface area contributed by atoms with Gasteiger partial charge in [0.1, 0.15) is 0 Å². The summed E-state index contributed by atoms with van der Waals surface area (Å²) in [6.45, 7) is 3.09. The number of rotatable bonds is 4. The summed E-state index contributed by atoms with van der Waals surface area (Å²) in [5, 5.41) is 9.08. The number of benzene rings is 1. The summed E-state index contributed by atoms with van der Waals surface area (Å²) in [5.41, 5.74) is 3.67. The number of pyridine rings is 1. The molecule has 96 valence electrons. The molecule has 3 aromatic rings. The first-order valence-corrected chi connectivity index (χ1v) is 7.43. The van der Waals surface area contributed by atoms with E-state index < -0.39 is 0 Å². The van der Waals surface area contributed by atoms with Crippen LogP contribution in [-0.2, 0) is 0 Å². The molecular formula is C16H16N2S. The average Bonchev–Trinajstić information content (AvgIpc) is 2.98. The van der Waals surface area contributed by atoms with Gasteiger partial charge in [0.25, 0.3) is 0 Å². The van der Waals surface area contributed by atoms with Gasteiger partial charge in [-0.05, 0) is 52.7 Å². The van der Waals surface area contributed by atoms with Crippen molar-refractivity contribution in [3.8, 4) is 0 Å². The van der Waals surface area contributed by atoms with Crippen LogP contribution in [0.1, 0.15) is 24.1 Å². The molecule has 0 aliphatic carbocycles.